The highest BCUT2D eigenvalue weighted by Gasteiger charge is 2.14. The molecule has 1 unspecified atom stereocenters. The summed E-state index contributed by atoms with van der Waals surface area (Å²) in [5.41, 5.74) is 0.850. The number of nitrogens with zero attached hydrogens (tertiary/aromatic N) is 4. The van der Waals surface area contributed by atoms with Crippen molar-refractivity contribution in [3.63, 3.8) is 0 Å². The Morgan fingerprint density at radius 2 is 2.38 bits per heavy atom. The average Bonchev–Trinajstić information content (AvgIpc) is 2.80. The number of carbonyl (C=O) groups excluding carboxylic acids is 1. The molecule has 16 heavy (non-hydrogen) atoms. The summed E-state index contributed by atoms with van der Waals surface area (Å²) in [5.74, 6) is -0.135. The van der Waals surface area contributed by atoms with Gasteiger partial charge in [-0.2, -0.15) is 0 Å². The zero-order chi connectivity index (χ0) is 11.4. The minimum Gasteiger partial charge on any atom is -0.331 e. The van der Waals surface area contributed by atoms with Crippen molar-refractivity contribution >= 4 is 5.91 Å². The molecule has 0 saturated heterocycles. The topological polar surface area (TPSA) is 72.7 Å². The maximum absolute atomic E-state index is 11.1. The number of carbonyl (C=O) groups is 1. The second-order valence-corrected chi connectivity index (χ2v) is 3.27. The largest absolute Gasteiger partial charge is 0.331 e. The lowest BCUT2D eigenvalue weighted by molar-refractivity contribution is -0.120. The van der Waals surface area contributed by atoms with Gasteiger partial charge in [0.2, 0.25) is 5.91 Å². The van der Waals surface area contributed by atoms with Crippen molar-refractivity contribution in [1.82, 2.24) is 25.3 Å². The normalized spacial score (nSPS) is 12.1. The molecule has 1 atom stereocenters. The Morgan fingerprint density at radius 1 is 1.50 bits per heavy atom. The van der Waals surface area contributed by atoms with Crippen LogP contribution in [0.1, 0.15) is 18.7 Å². The van der Waals surface area contributed by atoms with Crippen LogP contribution in [0.2, 0.25) is 0 Å². The van der Waals surface area contributed by atoms with Gasteiger partial charge in [0, 0.05) is 31.1 Å². The van der Waals surface area contributed by atoms with Crippen molar-refractivity contribution in [3.05, 3.63) is 42.5 Å². The molecule has 0 aromatic carbocycles. The lowest BCUT2D eigenvalue weighted by atomic mass is 10.2. The van der Waals surface area contributed by atoms with Gasteiger partial charge in [-0.25, -0.2) is 4.68 Å². The lowest BCUT2D eigenvalue weighted by Gasteiger charge is -2.17. The van der Waals surface area contributed by atoms with Crippen molar-refractivity contribution < 1.29 is 4.79 Å². The first-order valence-electron chi connectivity index (χ1n) is 4.80. The van der Waals surface area contributed by atoms with E-state index in [1.54, 1.807) is 35.5 Å². The average molecular weight is 217 g/mol. The van der Waals surface area contributed by atoms with E-state index in [2.05, 4.69) is 20.6 Å². The van der Waals surface area contributed by atoms with Crippen LogP contribution in [-0.2, 0) is 4.79 Å². The van der Waals surface area contributed by atoms with Gasteiger partial charge in [0.05, 0.1) is 6.20 Å². The predicted octanol–water partition coefficient (Wildman–Crippen LogP) is 0.356. The number of rotatable bonds is 3. The molecule has 6 heteroatoms. The molecule has 2 rings (SSSR count). The van der Waals surface area contributed by atoms with Crippen LogP contribution in [0.5, 0.6) is 0 Å². The Labute approximate surface area is 92.3 Å². The van der Waals surface area contributed by atoms with Crippen LogP contribution in [0.4, 0.5) is 0 Å². The molecule has 0 aliphatic carbocycles. The highest BCUT2D eigenvalue weighted by molar-refractivity contribution is 5.73. The Hall–Kier alpha value is -2.24. The summed E-state index contributed by atoms with van der Waals surface area (Å²) in [6.07, 6.45) is 6.24. The predicted molar refractivity (Wildman–Crippen MR) is 56.2 cm³/mol. The van der Waals surface area contributed by atoms with Gasteiger partial charge in [-0.1, -0.05) is 11.3 Å². The van der Waals surface area contributed by atoms with Crippen LogP contribution in [0.3, 0.4) is 0 Å². The third kappa shape index (κ3) is 2.22. The first-order chi connectivity index (χ1) is 7.77. The summed E-state index contributed by atoms with van der Waals surface area (Å²) >= 11 is 0. The van der Waals surface area contributed by atoms with E-state index in [-0.39, 0.29) is 12.1 Å². The molecule has 1 N–H and O–H groups in total. The fourth-order valence-corrected chi connectivity index (χ4v) is 1.39. The fourth-order valence-electron chi connectivity index (χ4n) is 1.39. The van der Waals surface area contributed by atoms with E-state index in [1.165, 1.54) is 6.92 Å². The maximum Gasteiger partial charge on any atom is 0.218 e. The second kappa shape index (κ2) is 4.52. The van der Waals surface area contributed by atoms with E-state index in [4.69, 9.17) is 0 Å². The SMILES string of the molecule is CC(=O)NC(c1cccnc1)n1ccnn1. The maximum atomic E-state index is 11.1. The summed E-state index contributed by atoms with van der Waals surface area (Å²) in [7, 11) is 0. The minimum atomic E-state index is -0.367. The number of amides is 1. The molecule has 2 aromatic rings. The monoisotopic (exact) mass is 217 g/mol. The van der Waals surface area contributed by atoms with E-state index in [0.717, 1.165) is 5.56 Å². The highest BCUT2D eigenvalue weighted by Crippen LogP contribution is 2.12. The lowest BCUT2D eigenvalue weighted by Crippen LogP contribution is -2.31. The Bertz CT molecular complexity index is 453. The van der Waals surface area contributed by atoms with Crippen molar-refractivity contribution in [1.29, 1.82) is 0 Å². The molecular weight excluding hydrogens is 206 g/mol. The number of hydrogen-bond donors (Lipinski definition) is 1. The molecule has 0 spiro atoms. The molecule has 0 aliphatic rings. The molecule has 0 saturated carbocycles. The van der Waals surface area contributed by atoms with Crippen LogP contribution >= 0.6 is 0 Å². The van der Waals surface area contributed by atoms with E-state index < -0.39 is 0 Å². The number of pyridine rings is 1. The highest BCUT2D eigenvalue weighted by atomic mass is 16.1. The summed E-state index contributed by atoms with van der Waals surface area (Å²) in [5, 5.41) is 10.4. The molecule has 6 nitrogen and oxygen atoms in total. The molecule has 82 valence electrons. The zero-order valence-corrected chi connectivity index (χ0v) is 8.74. The Kier molecular flexibility index (Phi) is 2.90. The van der Waals surface area contributed by atoms with E-state index in [1.807, 2.05) is 6.07 Å². The smallest absolute Gasteiger partial charge is 0.218 e. The van der Waals surface area contributed by atoms with Crippen molar-refractivity contribution in [3.8, 4) is 0 Å². The molecular formula is C10H11N5O. The summed E-state index contributed by atoms with van der Waals surface area (Å²) in [6.45, 7) is 1.46. The van der Waals surface area contributed by atoms with Crippen LogP contribution in [0.25, 0.3) is 0 Å². The molecule has 2 aromatic heterocycles. The second-order valence-electron chi connectivity index (χ2n) is 3.27. The Morgan fingerprint density at radius 3 is 2.94 bits per heavy atom. The van der Waals surface area contributed by atoms with Gasteiger partial charge >= 0.3 is 0 Å². The van der Waals surface area contributed by atoms with Gasteiger partial charge in [0.15, 0.2) is 6.17 Å². The fraction of sp³-hybridized carbons (Fsp3) is 0.200. The third-order valence-electron chi connectivity index (χ3n) is 2.05. The van der Waals surface area contributed by atoms with Crippen LogP contribution in [-0.4, -0.2) is 25.9 Å². The molecule has 2 heterocycles. The molecule has 0 fully saturated rings. The van der Waals surface area contributed by atoms with Crippen molar-refractivity contribution in [2.24, 2.45) is 0 Å². The third-order valence-corrected chi connectivity index (χ3v) is 2.05. The van der Waals surface area contributed by atoms with Crippen LogP contribution in [0, 0.1) is 0 Å². The Balaban J connectivity index is 2.32. The standard InChI is InChI=1S/C10H11N5O/c1-8(16)13-10(15-6-5-12-14-15)9-3-2-4-11-7-9/h2-7,10H,1H3,(H,13,16). The van der Waals surface area contributed by atoms with Gasteiger partial charge in [0.1, 0.15) is 0 Å². The van der Waals surface area contributed by atoms with E-state index in [9.17, 15) is 4.79 Å². The van der Waals surface area contributed by atoms with Crippen molar-refractivity contribution in [2.75, 3.05) is 0 Å². The van der Waals surface area contributed by atoms with Crippen molar-refractivity contribution in [2.45, 2.75) is 13.1 Å². The molecule has 0 aliphatic heterocycles. The number of hydrogen-bond acceptors (Lipinski definition) is 4. The van der Waals surface area contributed by atoms with Gasteiger partial charge in [-0.3, -0.25) is 9.78 Å². The number of aromatic nitrogens is 4. The summed E-state index contributed by atoms with van der Waals surface area (Å²) in [6, 6.07) is 3.68. The van der Waals surface area contributed by atoms with Gasteiger partial charge in [-0.15, -0.1) is 5.10 Å². The molecule has 0 radical (unpaired) electrons. The first kappa shape index (κ1) is 10.3. The minimum absolute atomic E-state index is 0.135. The number of nitrogens with one attached hydrogen (secondary N) is 1. The van der Waals surface area contributed by atoms with Crippen LogP contribution in [0.15, 0.2) is 36.9 Å². The van der Waals surface area contributed by atoms with E-state index in [0.29, 0.717) is 0 Å². The van der Waals surface area contributed by atoms with Gasteiger partial charge < -0.3 is 5.32 Å². The molecule has 0 bridgehead atoms. The van der Waals surface area contributed by atoms with E-state index >= 15 is 0 Å². The summed E-state index contributed by atoms with van der Waals surface area (Å²) < 4.78 is 1.57. The molecule has 1 amide bonds. The van der Waals surface area contributed by atoms with Gasteiger partial charge in [0.25, 0.3) is 0 Å². The summed E-state index contributed by atoms with van der Waals surface area (Å²) in [4.78, 5) is 15.1. The quantitative estimate of drug-likeness (QED) is 0.805. The van der Waals surface area contributed by atoms with Gasteiger partial charge in [-0.05, 0) is 6.07 Å². The zero-order valence-electron chi connectivity index (χ0n) is 8.74. The van der Waals surface area contributed by atoms with Crippen LogP contribution < -0.4 is 5.32 Å². The first-order valence-corrected chi connectivity index (χ1v) is 4.80.